The van der Waals surface area contributed by atoms with Gasteiger partial charge in [0, 0.05) is 28.5 Å². The van der Waals surface area contributed by atoms with E-state index in [1.807, 2.05) is 41.1 Å². The van der Waals surface area contributed by atoms with E-state index in [-0.39, 0.29) is 6.10 Å². The Hall–Kier alpha value is -2.84. The smallest absolute Gasteiger partial charge is 0.225 e. The second-order valence-electron chi connectivity index (χ2n) is 7.34. The molecule has 2 unspecified atom stereocenters. The van der Waals surface area contributed by atoms with Gasteiger partial charge in [-0.3, -0.25) is 0 Å². The minimum atomic E-state index is -1.08. The van der Waals surface area contributed by atoms with Crippen LogP contribution in [0.1, 0.15) is 5.56 Å². The molecular formula is C23H19Cl2N3O4. The van der Waals surface area contributed by atoms with Crippen molar-refractivity contribution in [3.63, 3.8) is 0 Å². The minimum absolute atomic E-state index is 0.295. The SMILES string of the molecule is Clc1ccc(C2(Cn3ccnc3)OCC(COc3ccc(-c4ncco4)cc3)O2)c(Cl)c1. The Kier molecular flexibility index (Phi) is 5.89. The van der Waals surface area contributed by atoms with Gasteiger partial charge in [-0.2, -0.15) is 0 Å². The highest BCUT2D eigenvalue weighted by Crippen LogP contribution is 2.40. The largest absolute Gasteiger partial charge is 0.491 e. The van der Waals surface area contributed by atoms with E-state index in [0.29, 0.717) is 47.0 Å². The van der Waals surface area contributed by atoms with Gasteiger partial charge < -0.3 is 23.2 Å². The van der Waals surface area contributed by atoms with Gasteiger partial charge in [-0.15, -0.1) is 0 Å². The number of nitrogens with zero attached hydrogens (tertiary/aromatic N) is 3. The number of rotatable bonds is 7. The van der Waals surface area contributed by atoms with Crippen LogP contribution in [0.25, 0.3) is 11.5 Å². The Balaban J connectivity index is 1.30. The monoisotopic (exact) mass is 471 g/mol. The lowest BCUT2D eigenvalue weighted by Gasteiger charge is -2.30. The molecule has 0 saturated carbocycles. The first kappa shape index (κ1) is 21.0. The number of benzene rings is 2. The zero-order valence-corrected chi connectivity index (χ0v) is 18.4. The standard InChI is InChI=1S/C23H19Cl2N3O4/c24-17-3-6-20(21(25)11-17)23(14-28-9-7-26-15-28)31-13-19(32-23)12-30-18-4-1-16(2-5-18)22-27-8-10-29-22/h1-11,15,19H,12-14H2. The number of hydrogen-bond acceptors (Lipinski definition) is 6. The van der Waals surface area contributed by atoms with Crippen molar-refractivity contribution >= 4 is 23.2 Å². The number of imidazole rings is 1. The van der Waals surface area contributed by atoms with Gasteiger partial charge in [-0.25, -0.2) is 9.97 Å². The van der Waals surface area contributed by atoms with Gasteiger partial charge in [0.15, 0.2) is 0 Å². The van der Waals surface area contributed by atoms with Gasteiger partial charge in [-0.1, -0.05) is 29.3 Å². The van der Waals surface area contributed by atoms with E-state index in [4.69, 9.17) is 41.8 Å². The molecule has 164 valence electrons. The van der Waals surface area contributed by atoms with Crippen LogP contribution in [0.4, 0.5) is 0 Å². The summed E-state index contributed by atoms with van der Waals surface area (Å²) in [5.41, 5.74) is 1.58. The third kappa shape index (κ3) is 4.38. The van der Waals surface area contributed by atoms with E-state index in [1.54, 1.807) is 37.1 Å². The van der Waals surface area contributed by atoms with Gasteiger partial charge in [0.1, 0.15) is 24.7 Å². The van der Waals surface area contributed by atoms with Crippen molar-refractivity contribution < 1.29 is 18.6 Å². The molecule has 7 nitrogen and oxygen atoms in total. The van der Waals surface area contributed by atoms with Crippen LogP contribution in [-0.4, -0.2) is 33.9 Å². The Labute approximate surface area is 194 Å². The summed E-state index contributed by atoms with van der Waals surface area (Å²) in [6.07, 6.45) is 8.11. The molecule has 0 spiro atoms. The van der Waals surface area contributed by atoms with Crippen molar-refractivity contribution in [2.45, 2.75) is 18.4 Å². The molecule has 1 saturated heterocycles. The molecule has 2 aromatic carbocycles. The average Bonchev–Trinajstić information content (AvgIpc) is 3.56. The zero-order chi connectivity index (χ0) is 22.0. The highest BCUT2D eigenvalue weighted by Gasteiger charge is 2.45. The van der Waals surface area contributed by atoms with Crippen LogP contribution in [-0.2, 0) is 21.8 Å². The first-order valence-corrected chi connectivity index (χ1v) is 10.7. The van der Waals surface area contributed by atoms with E-state index < -0.39 is 5.79 Å². The number of halogens is 2. The molecular weight excluding hydrogens is 453 g/mol. The van der Waals surface area contributed by atoms with Crippen molar-refractivity contribution in [3.8, 4) is 17.2 Å². The minimum Gasteiger partial charge on any atom is -0.491 e. The maximum Gasteiger partial charge on any atom is 0.225 e. The number of oxazole rings is 1. The Morgan fingerprint density at radius 1 is 1.12 bits per heavy atom. The van der Waals surface area contributed by atoms with Crippen LogP contribution in [0.3, 0.4) is 0 Å². The maximum absolute atomic E-state index is 6.50. The predicted molar refractivity (Wildman–Crippen MR) is 119 cm³/mol. The molecule has 0 N–H and O–H groups in total. The average molecular weight is 472 g/mol. The molecule has 0 bridgehead atoms. The van der Waals surface area contributed by atoms with E-state index in [1.165, 1.54) is 0 Å². The molecule has 1 aliphatic heterocycles. The van der Waals surface area contributed by atoms with Crippen molar-refractivity contribution in [2.24, 2.45) is 0 Å². The molecule has 0 aliphatic carbocycles. The van der Waals surface area contributed by atoms with Crippen LogP contribution in [0.5, 0.6) is 5.75 Å². The van der Waals surface area contributed by atoms with Gasteiger partial charge in [-0.05, 0) is 36.4 Å². The molecule has 9 heteroatoms. The fourth-order valence-corrected chi connectivity index (χ4v) is 4.18. The highest BCUT2D eigenvalue weighted by molar-refractivity contribution is 6.35. The van der Waals surface area contributed by atoms with Crippen molar-refractivity contribution in [1.29, 1.82) is 0 Å². The lowest BCUT2D eigenvalue weighted by atomic mass is 10.1. The molecule has 0 amide bonds. The first-order chi connectivity index (χ1) is 15.6. The number of hydrogen-bond donors (Lipinski definition) is 0. The highest BCUT2D eigenvalue weighted by atomic mass is 35.5. The van der Waals surface area contributed by atoms with Gasteiger partial charge in [0.05, 0.1) is 30.7 Å². The van der Waals surface area contributed by atoms with E-state index in [9.17, 15) is 0 Å². The third-order valence-electron chi connectivity index (χ3n) is 5.12. The van der Waals surface area contributed by atoms with Gasteiger partial charge >= 0.3 is 0 Å². The lowest BCUT2D eigenvalue weighted by Crippen LogP contribution is -2.34. The quantitative estimate of drug-likeness (QED) is 0.369. The summed E-state index contributed by atoms with van der Waals surface area (Å²) in [5, 5.41) is 1.02. The topological polar surface area (TPSA) is 71.5 Å². The summed E-state index contributed by atoms with van der Waals surface area (Å²) in [7, 11) is 0. The normalized spacial score (nSPS) is 20.5. The number of aromatic nitrogens is 3. The second kappa shape index (κ2) is 8.96. The second-order valence-corrected chi connectivity index (χ2v) is 8.18. The first-order valence-electron chi connectivity index (χ1n) is 9.97. The van der Waals surface area contributed by atoms with Crippen LogP contribution in [0.15, 0.2) is 78.1 Å². The molecule has 4 aromatic rings. The summed E-state index contributed by atoms with van der Waals surface area (Å²) in [6.45, 7) is 1.05. The van der Waals surface area contributed by atoms with Crippen molar-refractivity contribution in [2.75, 3.05) is 13.2 Å². The van der Waals surface area contributed by atoms with Crippen molar-refractivity contribution in [1.82, 2.24) is 14.5 Å². The summed E-state index contributed by atoms with van der Waals surface area (Å²) < 4.78 is 25.7. The molecule has 0 radical (unpaired) electrons. The number of ether oxygens (including phenoxy) is 3. The summed E-state index contributed by atoms with van der Waals surface area (Å²) >= 11 is 12.6. The van der Waals surface area contributed by atoms with E-state index in [2.05, 4.69) is 9.97 Å². The Morgan fingerprint density at radius 2 is 2.00 bits per heavy atom. The fraction of sp³-hybridized carbons (Fsp3) is 0.217. The van der Waals surface area contributed by atoms with Gasteiger partial charge in [0.2, 0.25) is 11.7 Å². The zero-order valence-electron chi connectivity index (χ0n) is 16.9. The third-order valence-corrected chi connectivity index (χ3v) is 5.67. The van der Waals surface area contributed by atoms with E-state index in [0.717, 1.165) is 5.56 Å². The fourth-order valence-electron chi connectivity index (χ4n) is 3.62. The Bertz CT molecular complexity index is 1170. The predicted octanol–water partition coefficient (Wildman–Crippen LogP) is 5.19. The molecule has 2 atom stereocenters. The summed E-state index contributed by atoms with van der Waals surface area (Å²) in [6, 6.07) is 12.8. The molecule has 32 heavy (non-hydrogen) atoms. The van der Waals surface area contributed by atoms with E-state index >= 15 is 0 Å². The molecule has 1 aliphatic rings. The van der Waals surface area contributed by atoms with Crippen LogP contribution < -0.4 is 4.74 Å². The summed E-state index contributed by atoms with van der Waals surface area (Å²) in [4.78, 5) is 8.25. The molecule has 5 rings (SSSR count). The molecule has 2 aromatic heterocycles. The van der Waals surface area contributed by atoms with Gasteiger partial charge in [0.25, 0.3) is 0 Å². The summed E-state index contributed by atoms with van der Waals surface area (Å²) in [5.74, 6) is 0.194. The van der Waals surface area contributed by atoms with Crippen LogP contribution in [0, 0.1) is 0 Å². The maximum atomic E-state index is 6.50. The van der Waals surface area contributed by atoms with Crippen LogP contribution in [0.2, 0.25) is 10.0 Å². The van der Waals surface area contributed by atoms with Crippen LogP contribution >= 0.6 is 23.2 Å². The molecule has 3 heterocycles. The molecule has 1 fully saturated rings. The van der Waals surface area contributed by atoms with Crippen molar-refractivity contribution in [3.05, 3.63) is 89.3 Å². The Morgan fingerprint density at radius 3 is 2.72 bits per heavy atom. The lowest BCUT2D eigenvalue weighted by molar-refractivity contribution is -0.189.